The lowest BCUT2D eigenvalue weighted by Crippen LogP contribution is -2.73. The van der Waals surface area contributed by atoms with E-state index >= 15 is 0 Å². The van der Waals surface area contributed by atoms with Crippen LogP contribution in [-0.4, -0.2) is 142 Å². The maximum Gasteiger partial charge on any atom is 0.187 e. The average Bonchev–Trinajstić information content (AvgIpc) is 2.84. The van der Waals surface area contributed by atoms with Crippen LogP contribution in [0.15, 0.2) is 0 Å². The van der Waals surface area contributed by atoms with Crippen LogP contribution in [0.5, 0.6) is 0 Å². The van der Waals surface area contributed by atoms with Gasteiger partial charge in [0.15, 0.2) is 12.6 Å². The highest BCUT2D eigenvalue weighted by Crippen LogP contribution is 2.31. The number of hydrogen-bond acceptors (Lipinski definition) is 16. The molecule has 3 aliphatic rings. The van der Waals surface area contributed by atoms with Gasteiger partial charge in [0.1, 0.15) is 55.1 Å². The summed E-state index contributed by atoms with van der Waals surface area (Å²) in [6.07, 6.45) is -16.1. The minimum atomic E-state index is -1.59. The third-order valence-electron chi connectivity index (χ3n) is 6.85. The Hall–Kier alpha value is -0.640. The first kappa shape index (κ1) is 28.9. The summed E-state index contributed by atoms with van der Waals surface area (Å²) < 4.78 is 22.6. The summed E-state index contributed by atoms with van der Waals surface area (Å²) in [4.78, 5) is 0. The summed E-state index contributed by atoms with van der Waals surface area (Å²) in [7, 11) is 0. The monoisotopic (exact) mass is 512 g/mol. The summed E-state index contributed by atoms with van der Waals surface area (Å²) >= 11 is 0. The molecule has 3 fully saturated rings. The van der Waals surface area contributed by atoms with Crippen LogP contribution in [-0.2, 0) is 18.9 Å². The van der Waals surface area contributed by atoms with Crippen LogP contribution in [0.1, 0.15) is 6.92 Å². The first-order valence-electron chi connectivity index (χ1n) is 11.6. The van der Waals surface area contributed by atoms with Gasteiger partial charge in [0.25, 0.3) is 0 Å². The van der Waals surface area contributed by atoms with Crippen molar-refractivity contribution in [2.24, 2.45) is 28.7 Å². The third-order valence-corrected chi connectivity index (χ3v) is 6.85. The first-order chi connectivity index (χ1) is 16.4. The smallest absolute Gasteiger partial charge is 0.187 e. The number of rotatable bonds is 7. The zero-order valence-corrected chi connectivity index (χ0v) is 19.4. The summed E-state index contributed by atoms with van der Waals surface area (Å²) in [6, 6.07) is -4.85. The van der Waals surface area contributed by atoms with E-state index < -0.39 is 97.9 Å². The lowest BCUT2D eigenvalue weighted by molar-refractivity contribution is -0.324. The van der Waals surface area contributed by atoms with Crippen LogP contribution >= 0.6 is 0 Å². The Morgan fingerprint density at radius 3 is 1.77 bits per heavy atom. The third kappa shape index (κ3) is 5.63. The van der Waals surface area contributed by atoms with Crippen LogP contribution in [0.4, 0.5) is 0 Å². The van der Waals surface area contributed by atoms with E-state index in [9.17, 15) is 30.6 Å². The second-order valence-electron chi connectivity index (χ2n) is 9.22. The maximum absolute atomic E-state index is 11.1. The summed E-state index contributed by atoms with van der Waals surface area (Å²) in [5.41, 5.74) is 29.6. The molecule has 0 aromatic heterocycles. The van der Waals surface area contributed by atoms with Crippen molar-refractivity contribution >= 4 is 0 Å². The standard InChI is InChI=1S/C19H40N6O10/c1-2-25-17-12(29)5(21)13(30)19(35-17)34-16-7(23)10(27)6(22)15(14(16)31)33-18-8(24)11(28)9(26)4(3-20)32-18/h4-19,25-31H,2-3,20-24H2,1H3. The molecule has 2 aliphatic heterocycles. The van der Waals surface area contributed by atoms with Crippen molar-refractivity contribution in [3.05, 3.63) is 0 Å². The van der Waals surface area contributed by atoms with Crippen LogP contribution < -0.4 is 34.0 Å². The Labute approximate surface area is 202 Å². The van der Waals surface area contributed by atoms with Crippen LogP contribution in [0, 0.1) is 0 Å². The minimum absolute atomic E-state index is 0.153. The van der Waals surface area contributed by atoms with Crippen molar-refractivity contribution in [1.29, 1.82) is 0 Å². The summed E-state index contributed by atoms with van der Waals surface area (Å²) in [5, 5.41) is 65.5. The van der Waals surface area contributed by atoms with Crippen molar-refractivity contribution in [3.63, 3.8) is 0 Å². The molecule has 16 atom stereocenters. The number of nitrogens with one attached hydrogen (secondary N) is 1. The SMILES string of the molecule is CCNC1OC(OC2C(N)C(O)C(N)C(OC3OC(CN)C(O)C(O)C3N)C2O)C(O)C(N)C1O. The molecule has 2 heterocycles. The van der Waals surface area contributed by atoms with Gasteiger partial charge in [-0.15, -0.1) is 0 Å². The molecule has 16 nitrogen and oxygen atoms in total. The highest BCUT2D eigenvalue weighted by Gasteiger charge is 2.54. The number of nitrogens with two attached hydrogens (primary N) is 5. The van der Waals surface area contributed by atoms with Gasteiger partial charge in [-0.1, -0.05) is 6.92 Å². The lowest BCUT2D eigenvalue weighted by Gasteiger charge is -2.49. The quantitative estimate of drug-likeness (QED) is 0.151. The van der Waals surface area contributed by atoms with Crippen LogP contribution in [0.25, 0.3) is 0 Å². The fourth-order valence-electron chi connectivity index (χ4n) is 4.58. The van der Waals surface area contributed by atoms with Crippen molar-refractivity contribution in [2.45, 2.75) is 105 Å². The molecule has 206 valence electrons. The highest BCUT2D eigenvalue weighted by atomic mass is 16.7. The van der Waals surface area contributed by atoms with Gasteiger partial charge in [-0.05, 0) is 6.54 Å². The molecule has 0 bridgehead atoms. The average molecular weight is 513 g/mol. The Balaban J connectivity index is 1.77. The topological polar surface area (TPSA) is 300 Å². The van der Waals surface area contributed by atoms with Gasteiger partial charge >= 0.3 is 0 Å². The molecule has 1 aliphatic carbocycles. The van der Waals surface area contributed by atoms with Crippen LogP contribution in [0.3, 0.4) is 0 Å². The first-order valence-corrected chi connectivity index (χ1v) is 11.6. The van der Waals surface area contributed by atoms with E-state index in [0.29, 0.717) is 6.54 Å². The van der Waals surface area contributed by atoms with E-state index in [1.54, 1.807) is 6.92 Å². The molecule has 0 aromatic carbocycles. The lowest BCUT2D eigenvalue weighted by atomic mass is 9.82. The molecule has 3 rings (SSSR count). The number of hydrogen-bond donors (Lipinski definition) is 12. The number of likely N-dealkylation sites (N-methyl/N-ethyl adjacent to an activating group) is 1. The molecule has 2 saturated heterocycles. The molecule has 35 heavy (non-hydrogen) atoms. The molecular formula is C19H40N6O10. The Kier molecular flexibility index (Phi) is 9.77. The largest absolute Gasteiger partial charge is 0.390 e. The second-order valence-corrected chi connectivity index (χ2v) is 9.22. The van der Waals surface area contributed by atoms with E-state index in [4.69, 9.17) is 47.6 Å². The van der Waals surface area contributed by atoms with Gasteiger partial charge in [-0.3, -0.25) is 5.32 Å². The maximum atomic E-state index is 11.1. The van der Waals surface area contributed by atoms with Gasteiger partial charge in [0.05, 0.1) is 30.3 Å². The van der Waals surface area contributed by atoms with E-state index in [1.165, 1.54) is 0 Å². The van der Waals surface area contributed by atoms with Gasteiger partial charge in [0, 0.05) is 6.54 Å². The number of aliphatic hydroxyl groups excluding tert-OH is 6. The molecule has 0 radical (unpaired) electrons. The van der Waals surface area contributed by atoms with E-state index in [-0.39, 0.29) is 6.54 Å². The van der Waals surface area contributed by atoms with E-state index in [0.717, 1.165) is 0 Å². The Morgan fingerprint density at radius 1 is 0.657 bits per heavy atom. The predicted octanol–water partition coefficient (Wildman–Crippen LogP) is -7.78. The molecule has 0 spiro atoms. The normalized spacial score (nSPS) is 53.5. The fraction of sp³-hybridized carbons (Fsp3) is 1.00. The van der Waals surface area contributed by atoms with Gasteiger partial charge in [0.2, 0.25) is 0 Å². The summed E-state index contributed by atoms with van der Waals surface area (Å²) in [5.74, 6) is 0. The molecule has 1 saturated carbocycles. The van der Waals surface area contributed by atoms with E-state index in [1.807, 2.05) is 0 Å². The Morgan fingerprint density at radius 2 is 1.23 bits per heavy atom. The van der Waals surface area contributed by atoms with Crippen LogP contribution in [0.2, 0.25) is 0 Å². The zero-order chi connectivity index (χ0) is 26.2. The van der Waals surface area contributed by atoms with Gasteiger partial charge in [-0.25, -0.2) is 0 Å². The molecule has 16 unspecified atom stereocenters. The molecule has 16 heteroatoms. The number of aliphatic hydroxyl groups is 6. The van der Waals surface area contributed by atoms with E-state index in [2.05, 4.69) is 5.32 Å². The highest BCUT2D eigenvalue weighted by molar-refractivity contribution is 5.06. The molecule has 0 aromatic rings. The summed E-state index contributed by atoms with van der Waals surface area (Å²) in [6.45, 7) is 2.03. The minimum Gasteiger partial charge on any atom is -0.390 e. The second kappa shape index (κ2) is 11.8. The molecular weight excluding hydrogens is 472 g/mol. The zero-order valence-electron chi connectivity index (χ0n) is 19.4. The van der Waals surface area contributed by atoms with Crippen molar-refractivity contribution in [3.8, 4) is 0 Å². The van der Waals surface area contributed by atoms with Crippen molar-refractivity contribution < 1.29 is 49.6 Å². The fourth-order valence-corrected chi connectivity index (χ4v) is 4.58. The van der Waals surface area contributed by atoms with Gasteiger partial charge < -0.3 is 78.3 Å². The molecule has 17 N–H and O–H groups in total. The predicted molar refractivity (Wildman–Crippen MR) is 118 cm³/mol. The van der Waals surface area contributed by atoms with Crippen molar-refractivity contribution in [1.82, 2.24) is 5.32 Å². The van der Waals surface area contributed by atoms with Gasteiger partial charge in [-0.2, -0.15) is 0 Å². The Bertz CT molecular complexity index is 684. The number of ether oxygens (including phenoxy) is 4. The van der Waals surface area contributed by atoms with Crippen molar-refractivity contribution in [2.75, 3.05) is 13.1 Å². The molecule has 0 amide bonds.